The summed E-state index contributed by atoms with van der Waals surface area (Å²) in [5.41, 5.74) is -0.832. The van der Waals surface area contributed by atoms with E-state index in [0.717, 1.165) is 18.2 Å². The first kappa shape index (κ1) is 22.2. The Morgan fingerprint density at radius 2 is 1.31 bits per heavy atom. The summed E-state index contributed by atoms with van der Waals surface area (Å²) in [7, 11) is 1.30. The van der Waals surface area contributed by atoms with Crippen molar-refractivity contribution in [2.45, 2.75) is 0 Å². The molecule has 9 nitrogen and oxygen atoms in total. The van der Waals surface area contributed by atoms with Gasteiger partial charge in [0.05, 0.1) is 24.0 Å². The third-order valence-corrected chi connectivity index (χ3v) is 4.32. The molecule has 0 spiro atoms. The van der Waals surface area contributed by atoms with Crippen molar-refractivity contribution in [1.82, 2.24) is 0 Å². The number of nitrogens with zero attached hydrogens (tertiary/aromatic N) is 2. The molecular weight excluding hydrogens is 426 g/mol. The van der Waals surface area contributed by atoms with Gasteiger partial charge in [0.1, 0.15) is 28.8 Å². The van der Waals surface area contributed by atoms with Gasteiger partial charge in [0, 0.05) is 17.7 Å². The number of ether oxygens (including phenoxy) is 1. The molecule has 2 amide bonds. The molecule has 0 aromatic heterocycles. The molecule has 0 atom stereocenters. The van der Waals surface area contributed by atoms with E-state index < -0.39 is 23.4 Å². The summed E-state index contributed by atoms with van der Waals surface area (Å²) in [5, 5.41) is 9.85. The van der Waals surface area contributed by atoms with Crippen molar-refractivity contribution in [3.05, 3.63) is 87.2 Å². The smallest absolute Gasteiger partial charge is 0.259 e. The Kier molecular flexibility index (Phi) is 6.59. The van der Waals surface area contributed by atoms with Crippen LogP contribution < -0.4 is 15.4 Å². The van der Waals surface area contributed by atoms with Crippen molar-refractivity contribution in [2.75, 3.05) is 17.7 Å². The number of benzene rings is 3. The molecule has 0 radical (unpaired) electrons. The van der Waals surface area contributed by atoms with Crippen molar-refractivity contribution < 1.29 is 23.1 Å². The Hall–Kier alpha value is -4.54. The molecule has 3 aromatic carbocycles. The van der Waals surface area contributed by atoms with E-state index in [9.17, 15) is 28.2 Å². The van der Waals surface area contributed by atoms with Gasteiger partial charge in [-0.3, -0.25) is 9.59 Å². The first-order chi connectivity index (χ1) is 15.4. The van der Waals surface area contributed by atoms with Crippen LogP contribution in [0.5, 0.6) is 5.75 Å². The lowest BCUT2D eigenvalue weighted by molar-refractivity contribution is 0.102. The lowest BCUT2D eigenvalue weighted by Crippen LogP contribution is -2.17. The Balaban J connectivity index is 1.86. The molecule has 0 aliphatic carbocycles. The van der Waals surface area contributed by atoms with Gasteiger partial charge >= 0.3 is 0 Å². The highest BCUT2D eigenvalue weighted by atomic mass is 19.1. The minimum Gasteiger partial charge on any atom is -0.496 e. The van der Waals surface area contributed by atoms with E-state index in [4.69, 9.17) is 4.74 Å². The fourth-order valence-corrected chi connectivity index (χ4v) is 2.74. The van der Waals surface area contributed by atoms with Gasteiger partial charge in [0.15, 0.2) is 0 Å². The van der Waals surface area contributed by atoms with Crippen LogP contribution in [0.3, 0.4) is 0 Å². The number of halogens is 2. The molecule has 0 aliphatic rings. The van der Waals surface area contributed by atoms with Crippen LogP contribution >= 0.6 is 0 Å². The molecule has 0 fully saturated rings. The van der Waals surface area contributed by atoms with Crippen LogP contribution in [0.25, 0.3) is 0 Å². The van der Waals surface area contributed by atoms with Crippen LogP contribution in [0.15, 0.2) is 65.0 Å². The number of nitrogens with one attached hydrogen (secondary N) is 2. The lowest BCUT2D eigenvalue weighted by atomic mass is 10.1. The summed E-state index contributed by atoms with van der Waals surface area (Å²) < 4.78 is 33.2. The zero-order chi connectivity index (χ0) is 23.3. The second kappa shape index (κ2) is 9.51. The number of rotatable bonds is 7. The highest BCUT2D eigenvalue weighted by molar-refractivity contribution is 6.10. The van der Waals surface area contributed by atoms with Crippen LogP contribution in [0, 0.1) is 21.4 Å². The van der Waals surface area contributed by atoms with E-state index in [-0.39, 0.29) is 39.6 Å². The van der Waals surface area contributed by atoms with E-state index in [2.05, 4.69) is 21.0 Å². The second-order valence-corrected chi connectivity index (χ2v) is 6.33. The van der Waals surface area contributed by atoms with Crippen molar-refractivity contribution in [2.24, 2.45) is 10.4 Å². The van der Waals surface area contributed by atoms with Crippen molar-refractivity contribution in [3.63, 3.8) is 0 Å². The van der Waals surface area contributed by atoms with Gasteiger partial charge in [0.25, 0.3) is 11.8 Å². The van der Waals surface area contributed by atoms with Gasteiger partial charge in [-0.1, -0.05) is 0 Å². The largest absolute Gasteiger partial charge is 0.496 e. The number of methoxy groups -OCH3 is 1. The molecule has 3 aromatic rings. The Morgan fingerprint density at radius 1 is 0.781 bits per heavy atom. The third-order valence-electron chi connectivity index (χ3n) is 4.32. The van der Waals surface area contributed by atoms with Crippen LogP contribution in [-0.2, 0) is 0 Å². The summed E-state index contributed by atoms with van der Waals surface area (Å²) >= 11 is 0. The van der Waals surface area contributed by atoms with Gasteiger partial charge in [0.2, 0.25) is 0 Å². The average Bonchev–Trinajstić information content (AvgIpc) is 2.80. The van der Waals surface area contributed by atoms with E-state index in [1.54, 1.807) is 0 Å². The molecule has 0 saturated heterocycles. The van der Waals surface area contributed by atoms with Crippen molar-refractivity contribution in [1.29, 1.82) is 0 Å². The monoisotopic (exact) mass is 440 g/mol. The molecule has 0 unspecified atom stereocenters. The summed E-state index contributed by atoms with van der Waals surface area (Å²) in [5.74, 6) is -3.20. The molecule has 162 valence electrons. The third kappa shape index (κ3) is 4.78. The van der Waals surface area contributed by atoms with Gasteiger partial charge in [-0.25, -0.2) is 8.78 Å². The standard InChI is InChI=1S/C21H14F2N4O5/c1-32-19-7-2-11(20(28)24-17-5-3-12(26-30)9-15(17)22)8-14(19)21(29)25-18-6-4-13(27-31)10-16(18)23/h2-10H,1H3,(H,24,28)(H,25,29). The van der Waals surface area contributed by atoms with E-state index in [1.807, 2.05) is 0 Å². The van der Waals surface area contributed by atoms with Crippen LogP contribution in [0.2, 0.25) is 0 Å². The normalized spacial score (nSPS) is 10.2. The molecule has 0 heterocycles. The Bertz CT molecular complexity index is 1230. The maximum absolute atomic E-state index is 14.1. The summed E-state index contributed by atoms with van der Waals surface area (Å²) in [6, 6.07) is 10.3. The van der Waals surface area contributed by atoms with E-state index >= 15 is 0 Å². The van der Waals surface area contributed by atoms with Gasteiger partial charge in [-0.2, -0.15) is 0 Å². The highest BCUT2D eigenvalue weighted by Crippen LogP contribution is 2.26. The molecule has 32 heavy (non-hydrogen) atoms. The number of carbonyl (C=O) groups is 2. The predicted molar refractivity (Wildman–Crippen MR) is 113 cm³/mol. The fourth-order valence-electron chi connectivity index (χ4n) is 2.74. The first-order valence-corrected chi connectivity index (χ1v) is 8.93. The van der Waals surface area contributed by atoms with Gasteiger partial charge in [-0.05, 0) is 52.8 Å². The van der Waals surface area contributed by atoms with E-state index in [0.29, 0.717) is 0 Å². The quantitative estimate of drug-likeness (QED) is 0.484. The molecule has 0 bridgehead atoms. The van der Waals surface area contributed by atoms with Crippen molar-refractivity contribution >= 4 is 34.6 Å². The number of anilines is 2. The van der Waals surface area contributed by atoms with Gasteiger partial charge in [-0.15, -0.1) is 9.81 Å². The Labute approximate surface area is 179 Å². The molecular formula is C21H14F2N4O5. The van der Waals surface area contributed by atoms with Crippen LogP contribution in [-0.4, -0.2) is 18.9 Å². The molecule has 0 saturated carbocycles. The number of amides is 2. The number of hydrogen-bond acceptors (Lipinski definition) is 7. The maximum Gasteiger partial charge on any atom is 0.259 e. The minimum atomic E-state index is -0.882. The summed E-state index contributed by atoms with van der Waals surface area (Å²) in [4.78, 5) is 46.2. The molecule has 11 heteroatoms. The van der Waals surface area contributed by atoms with Crippen LogP contribution in [0.4, 0.5) is 31.5 Å². The lowest BCUT2D eigenvalue weighted by Gasteiger charge is -2.12. The number of carbonyl (C=O) groups excluding carboxylic acids is 2. The predicted octanol–water partition coefficient (Wildman–Crippen LogP) is 5.27. The average molecular weight is 440 g/mol. The van der Waals surface area contributed by atoms with Gasteiger partial charge < -0.3 is 15.4 Å². The van der Waals surface area contributed by atoms with E-state index in [1.165, 1.54) is 43.5 Å². The fraction of sp³-hybridized carbons (Fsp3) is 0.0476. The second-order valence-electron chi connectivity index (χ2n) is 6.33. The zero-order valence-electron chi connectivity index (χ0n) is 16.4. The maximum atomic E-state index is 14.1. The molecule has 2 N–H and O–H groups in total. The SMILES string of the molecule is COc1ccc(C(=O)Nc2ccc(N=O)cc2F)cc1C(=O)Nc1ccc(N=O)cc1F. The highest BCUT2D eigenvalue weighted by Gasteiger charge is 2.18. The molecule has 3 rings (SSSR count). The summed E-state index contributed by atoms with van der Waals surface area (Å²) in [6.45, 7) is 0. The van der Waals surface area contributed by atoms with Crippen LogP contribution in [0.1, 0.15) is 20.7 Å². The zero-order valence-corrected chi connectivity index (χ0v) is 16.4. The number of nitroso groups, excluding NO2 is 2. The van der Waals surface area contributed by atoms with Crippen molar-refractivity contribution in [3.8, 4) is 5.75 Å². The minimum absolute atomic E-state index is 0.0195. The molecule has 0 aliphatic heterocycles. The summed E-state index contributed by atoms with van der Waals surface area (Å²) in [6.07, 6.45) is 0. The Morgan fingerprint density at radius 3 is 1.78 bits per heavy atom. The first-order valence-electron chi connectivity index (χ1n) is 8.93. The topological polar surface area (TPSA) is 126 Å². The number of hydrogen-bond donors (Lipinski definition) is 2.